The molecule has 0 amide bonds. The zero-order valence-corrected chi connectivity index (χ0v) is 35.7. The first-order valence-corrected chi connectivity index (χ1v) is 19.7. The summed E-state index contributed by atoms with van der Waals surface area (Å²) in [5.74, 6) is -3.77. The van der Waals surface area contributed by atoms with Gasteiger partial charge in [-0.15, -0.1) is 0 Å². The number of hydrogen-bond acceptors (Lipinski definition) is 5. The summed E-state index contributed by atoms with van der Waals surface area (Å²) in [6.45, 7) is 20.0. The van der Waals surface area contributed by atoms with Crippen molar-refractivity contribution < 1.29 is 68.1 Å². The van der Waals surface area contributed by atoms with Gasteiger partial charge in [0, 0.05) is 18.6 Å². The van der Waals surface area contributed by atoms with Crippen LogP contribution in [0.3, 0.4) is 0 Å². The van der Waals surface area contributed by atoms with Gasteiger partial charge in [0.05, 0.1) is 29.6 Å². The average Bonchev–Trinajstić information content (AvgIpc) is 3.07. The molecule has 0 aromatic rings. The van der Waals surface area contributed by atoms with Gasteiger partial charge >= 0.3 is 29.8 Å². The second kappa shape index (κ2) is 46.0. The standard InChI is InChI=1S/5C8H16O2.V/c5*1-3-5-6-7(4-2)8(9)10;/h5*7H,3-6H2,1-2H3,(H,9,10);. The second-order valence-corrected chi connectivity index (χ2v) is 12.9. The molecule has 0 aliphatic carbocycles. The van der Waals surface area contributed by atoms with Crippen LogP contribution in [0.2, 0.25) is 0 Å². The Morgan fingerprint density at radius 3 is 0.490 bits per heavy atom. The van der Waals surface area contributed by atoms with Crippen LogP contribution in [0.5, 0.6) is 0 Å². The molecule has 10 nitrogen and oxygen atoms in total. The fraction of sp³-hybridized carbons (Fsp3) is 0.875. The molecule has 0 aliphatic rings. The van der Waals surface area contributed by atoms with Crippen molar-refractivity contribution in [2.75, 3.05) is 0 Å². The molecule has 5 atom stereocenters. The number of rotatable bonds is 25. The molecule has 0 bridgehead atoms. The maximum absolute atomic E-state index is 10.4. The van der Waals surface area contributed by atoms with Crippen LogP contribution in [-0.2, 0) is 42.5 Å². The van der Waals surface area contributed by atoms with Crippen LogP contribution >= 0.6 is 0 Å². The van der Waals surface area contributed by atoms with Crippen molar-refractivity contribution in [1.29, 1.82) is 0 Å². The molecular weight excluding hydrogens is 691 g/mol. The van der Waals surface area contributed by atoms with E-state index in [4.69, 9.17) is 25.5 Å². The van der Waals surface area contributed by atoms with E-state index in [1.54, 1.807) is 0 Å². The van der Waals surface area contributed by atoms with E-state index in [-0.39, 0.29) is 48.1 Å². The molecule has 0 aliphatic heterocycles. The van der Waals surface area contributed by atoms with Crippen LogP contribution in [0.25, 0.3) is 0 Å². The Labute approximate surface area is 324 Å². The molecule has 0 heterocycles. The van der Waals surface area contributed by atoms with Gasteiger partial charge in [0.2, 0.25) is 0 Å². The summed E-state index contributed by atoms with van der Waals surface area (Å²) in [5.41, 5.74) is 0. The minimum absolute atomic E-state index is 0. The molecule has 305 valence electrons. The van der Waals surface area contributed by atoms with Gasteiger partial charge in [-0.2, -0.15) is 0 Å². The summed E-state index contributed by atoms with van der Waals surface area (Å²) in [4.78, 5) is 52.2. The molecular formula is C40H80O10V. The number of carbonyl (C=O) groups is 5. The molecule has 5 N–H and O–H groups in total. The predicted octanol–water partition coefficient (Wildman–Crippen LogP) is 11.4. The first-order chi connectivity index (χ1) is 23.6. The van der Waals surface area contributed by atoms with Gasteiger partial charge in [0.1, 0.15) is 0 Å². The normalized spacial score (nSPS) is 12.7. The van der Waals surface area contributed by atoms with Gasteiger partial charge in [-0.05, 0) is 64.2 Å². The first kappa shape index (κ1) is 61.0. The maximum atomic E-state index is 10.4. The Balaban J connectivity index is -0.000000123. The van der Waals surface area contributed by atoms with E-state index in [1.165, 1.54) is 0 Å². The summed E-state index contributed by atoms with van der Waals surface area (Å²) < 4.78 is 0. The number of aliphatic carboxylic acids is 5. The quantitative estimate of drug-likeness (QED) is 0.0598. The van der Waals surface area contributed by atoms with E-state index in [9.17, 15) is 24.0 Å². The van der Waals surface area contributed by atoms with E-state index >= 15 is 0 Å². The van der Waals surface area contributed by atoms with Gasteiger partial charge in [-0.3, -0.25) is 24.0 Å². The molecule has 11 heteroatoms. The van der Waals surface area contributed by atoms with Crippen molar-refractivity contribution in [2.45, 2.75) is 198 Å². The molecule has 0 saturated heterocycles. The van der Waals surface area contributed by atoms with Gasteiger partial charge in [0.15, 0.2) is 0 Å². The Hall–Kier alpha value is -2.07. The van der Waals surface area contributed by atoms with Gasteiger partial charge in [-0.1, -0.05) is 133 Å². The topological polar surface area (TPSA) is 186 Å². The molecule has 0 saturated carbocycles. The Kier molecular flexibility index (Phi) is 55.0. The third kappa shape index (κ3) is 44.0. The summed E-state index contributed by atoms with van der Waals surface area (Å²) in [6, 6.07) is 0. The van der Waals surface area contributed by atoms with Gasteiger partial charge < -0.3 is 25.5 Å². The summed E-state index contributed by atoms with van der Waals surface area (Å²) >= 11 is 0. The molecule has 51 heavy (non-hydrogen) atoms. The van der Waals surface area contributed by atoms with Crippen molar-refractivity contribution in [3.05, 3.63) is 0 Å². The van der Waals surface area contributed by atoms with Crippen molar-refractivity contribution in [1.82, 2.24) is 0 Å². The average molecular weight is 772 g/mol. The third-order valence-electron chi connectivity index (χ3n) is 8.74. The van der Waals surface area contributed by atoms with Crippen LogP contribution in [-0.4, -0.2) is 55.4 Å². The zero-order valence-electron chi connectivity index (χ0n) is 34.3. The van der Waals surface area contributed by atoms with Crippen molar-refractivity contribution >= 4 is 29.8 Å². The zero-order chi connectivity index (χ0) is 39.9. The molecule has 0 aromatic heterocycles. The fourth-order valence-corrected chi connectivity index (χ4v) is 4.76. The number of carboxylic acids is 5. The van der Waals surface area contributed by atoms with Crippen LogP contribution in [0.4, 0.5) is 0 Å². The van der Waals surface area contributed by atoms with E-state index in [0.29, 0.717) is 0 Å². The number of carboxylic acid groups (broad SMARTS) is 5. The predicted molar refractivity (Wildman–Crippen MR) is 205 cm³/mol. The SMILES string of the molecule is CCCCC(CC)C(=O)O.CCCCC(CC)C(=O)O.CCCCC(CC)C(=O)O.CCCCC(CC)C(=O)O.CCCCC(CC)C(=O)O.[V]. The van der Waals surface area contributed by atoms with Crippen molar-refractivity contribution in [2.24, 2.45) is 29.6 Å². The number of hydrogen-bond donors (Lipinski definition) is 5. The molecule has 0 aromatic carbocycles. The monoisotopic (exact) mass is 772 g/mol. The van der Waals surface area contributed by atoms with Gasteiger partial charge in [-0.25, -0.2) is 0 Å². The summed E-state index contributed by atoms with van der Waals surface area (Å²) in [7, 11) is 0. The Morgan fingerprint density at radius 1 is 0.314 bits per heavy atom. The fourth-order valence-electron chi connectivity index (χ4n) is 4.76. The van der Waals surface area contributed by atoms with Crippen LogP contribution < -0.4 is 0 Å². The molecule has 0 spiro atoms. The summed E-state index contributed by atoms with van der Waals surface area (Å²) in [6.07, 6.45) is 18.6. The Bertz CT molecular complexity index is 655. The van der Waals surface area contributed by atoms with Crippen LogP contribution in [0.1, 0.15) is 198 Å². The first-order valence-electron chi connectivity index (χ1n) is 19.7. The third-order valence-corrected chi connectivity index (χ3v) is 8.74. The van der Waals surface area contributed by atoms with E-state index in [1.807, 2.05) is 34.6 Å². The summed E-state index contributed by atoms with van der Waals surface area (Å²) in [5, 5.41) is 43.0. The number of unbranched alkanes of at least 4 members (excludes halogenated alkanes) is 5. The van der Waals surface area contributed by atoms with Crippen molar-refractivity contribution in [3.63, 3.8) is 0 Å². The minimum atomic E-state index is -0.643. The minimum Gasteiger partial charge on any atom is -0.481 e. The van der Waals surface area contributed by atoms with Crippen LogP contribution in [0, 0.1) is 29.6 Å². The van der Waals surface area contributed by atoms with E-state index in [0.717, 1.165) is 128 Å². The Morgan fingerprint density at radius 2 is 0.431 bits per heavy atom. The van der Waals surface area contributed by atoms with E-state index < -0.39 is 29.8 Å². The molecule has 0 rings (SSSR count). The molecule has 1 radical (unpaired) electrons. The van der Waals surface area contributed by atoms with Gasteiger partial charge in [0.25, 0.3) is 0 Å². The second-order valence-electron chi connectivity index (χ2n) is 12.9. The smallest absolute Gasteiger partial charge is 0.306 e. The largest absolute Gasteiger partial charge is 0.481 e. The van der Waals surface area contributed by atoms with Crippen molar-refractivity contribution in [3.8, 4) is 0 Å². The van der Waals surface area contributed by atoms with E-state index in [2.05, 4.69) is 34.6 Å². The molecule has 0 fully saturated rings. The molecule has 5 unspecified atom stereocenters. The maximum Gasteiger partial charge on any atom is 0.306 e. The van der Waals surface area contributed by atoms with Crippen LogP contribution in [0.15, 0.2) is 0 Å².